The van der Waals surface area contributed by atoms with Crippen LogP contribution in [0.15, 0.2) is 42.5 Å². The van der Waals surface area contributed by atoms with E-state index in [1.807, 2.05) is 56.3 Å². The average molecular weight is 389 g/mol. The van der Waals surface area contributed by atoms with Crippen LogP contribution >= 0.6 is 0 Å². The molecule has 0 atom stereocenters. The van der Waals surface area contributed by atoms with Gasteiger partial charge in [0.05, 0.1) is 11.9 Å². The highest BCUT2D eigenvalue weighted by molar-refractivity contribution is 7.92. The second-order valence-electron chi connectivity index (χ2n) is 6.62. The van der Waals surface area contributed by atoms with E-state index in [9.17, 15) is 13.2 Å². The van der Waals surface area contributed by atoms with E-state index in [1.165, 1.54) is 16.1 Å². The summed E-state index contributed by atoms with van der Waals surface area (Å²) in [7, 11) is -3.50. The second-order valence-corrected chi connectivity index (χ2v) is 8.53. The first-order valence-electron chi connectivity index (χ1n) is 9.21. The summed E-state index contributed by atoms with van der Waals surface area (Å²) in [5.41, 5.74) is 4.44. The fourth-order valence-electron chi connectivity index (χ4n) is 3.06. The highest BCUT2D eigenvalue weighted by Gasteiger charge is 2.22. The zero-order chi connectivity index (χ0) is 20.0. The summed E-state index contributed by atoms with van der Waals surface area (Å²) in [6.45, 7) is 6.06. The molecule has 27 heavy (non-hydrogen) atoms. The number of benzene rings is 2. The molecule has 0 radical (unpaired) electrons. The summed E-state index contributed by atoms with van der Waals surface area (Å²) in [6.07, 6.45) is 2.92. The van der Waals surface area contributed by atoms with Gasteiger partial charge in [0, 0.05) is 18.7 Å². The van der Waals surface area contributed by atoms with Crippen LogP contribution in [0.3, 0.4) is 0 Å². The Morgan fingerprint density at radius 2 is 1.70 bits per heavy atom. The molecule has 2 aromatic carbocycles. The maximum absolute atomic E-state index is 12.4. The molecule has 0 aliphatic heterocycles. The highest BCUT2D eigenvalue weighted by atomic mass is 32.2. The van der Waals surface area contributed by atoms with Gasteiger partial charge in [-0.15, -0.1) is 0 Å². The third-order valence-electron chi connectivity index (χ3n) is 4.54. The Morgan fingerprint density at radius 1 is 1.04 bits per heavy atom. The number of sulfonamides is 1. The highest BCUT2D eigenvalue weighted by Crippen LogP contribution is 2.28. The predicted octanol–water partition coefficient (Wildman–Crippen LogP) is 3.91. The van der Waals surface area contributed by atoms with Gasteiger partial charge in [0.15, 0.2) is 0 Å². The average Bonchev–Trinajstić information content (AvgIpc) is 2.62. The SMILES string of the molecule is CCc1ccc(NC(=O)CCN(c2c(C)cccc2CC)S(C)(=O)=O)cc1. The third kappa shape index (κ3) is 5.57. The maximum Gasteiger partial charge on any atom is 0.232 e. The van der Waals surface area contributed by atoms with Crippen LogP contribution in [0.25, 0.3) is 0 Å². The van der Waals surface area contributed by atoms with E-state index in [0.717, 1.165) is 24.0 Å². The zero-order valence-electron chi connectivity index (χ0n) is 16.5. The topological polar surface area (TPSA) is 66.5 Å². The standard InChI is InChI=1S/C21H28N2O3S/c1-5-17-10-12-19(13-11-17)22-20(24)14-15-23(27(4,25)26)21-16(3)8-7-9-18(21)6-2/h7-13H,5-6,14-15H2,1-4H3,(H,22,24). The largest absolute Gasteiger partial charge is 0.326 e. The summed E-state index contributed by atoms with van der Waals surface area (Å²) >= 11 is 0. The van der Waals surface area contributed by atoms with Crippen molar-refractivity contribution in [1.29, 1.82) is 0 Å². The monoisotopic (exact) mass is 388 g/mol. The first kappa shape index (κ1) is 21.0. The van der Waals surface area contributed by atoms with Crippen LogP contribution in [0.1, 0.15) is 37.0 Å². The van der Waals surface area contributed by atoms with Crippen molar-refractivity contribution >= 4 is 27.3 Å². The molecule has 0 unspecified atom stereocenters. The predicted molar refractivity (Wildman–Crippen MR) is 112 cm³/mol. The summed E-state index contributed by atoms with van der Waals surface area (Å²) in [5, 5.41) is 2.83. The molecular weight excluding hydrogens is 360 g/mol. The van der Waals surface area contributed by atoms with E-state index in [-0.39, 0.29) is 18.9 Å². The van der Waals surface area contributed by atoms with Gasteiger partial charge < -0.3 is 5.32 Å². The molecule has 0 aliphatic carbocycles. The molecule has 0 aliphatic rings. The lowest BCUT2D eigenvalue weighted by molar-refractivity contribution is -0.116. The number of nitrogens with zero attached hydrogens (tertiary/aromatic N) is 1. The number of nitrogens with one attached hydrogen (secondary N) is 1. The molecule has 0 fully saturated rings. The van der Waals surface area contributed by atoms with Gasteiger partial charge in [-0.1, -0.05) is 44.2 Å². The van der Waals surface area contributed by atoms with Gasteiger partial charge in [0.2, 0.25) is 15.9 Å². The summed E-state index contributed by atoms with van der Waals surface area (Å²) < 4.78 is 26.1. The maximum atomic E-state index is 12.4. The van der Waals surface area contributed by atoms with Crippen molar-refractivity contribution in [3.05, 3.63) is 59.2 Å². The van der Waals surface area contributed by atoms with Crippen LogP contribution in [0.5, 0.6) is 0 Å². The number of aryl methyl sites for hydroxylation is 3. The van der Waals surface area contributed by atoms with Crippen LogP contribution in [0.2, 0.25) is 0 Å². The molecule has 1 amide bonds. The van der Waals surface area contributed by atoms with Gasteiger partial charge in [-0.3, -0.25) is 9.10 Å². The van der Waals surface area contributed by atoms with Gasteiger partial charge in [-0.05, 0) is 48.6 Å². The van der Waals surface area contributed by atoms with Crippen LogP contribution in [0.4, 0.5) is 11.4 Å². The van der Waals surface area contributed by atoms with Gasteiger partial charge in [-0.25, -0.2) is 8.42 Å². The lowest BCUT2D eigenvalue weighted by Crippen LogP contribution is -2.34. The number of anilines is 2. The number of amides is 1. The van der Waals surface area contributed by atoms with Crippen molar-refractivity contribution in [3.63, 3.8) is 0 Å². The zero-order valence-corrected chi connectivity index (χ0v) is 17.3. The van der Waals surface area contributed by atoms with E-state index in [4.69, 9.17) is 0 Å². The van der Waals surface area contributed by atoms with E-state index >= 15 is 0 Å². The molecule has 5 nitrogen and oxygen atoms in total. The molecular formula is C21H28N2O3S. The first-order valence-corrected chi connectivity index (χ1v) is 11.1. The number of hydrogen-bond donors (Lipinski definition) is 1. The lowest BCUT2D eigenvalue weighted by Gasteiger charge is -2.26. The van der Waals surface area contributed by atoms with Gasteiger partial charge in [-0.2, -0.15) is 0 Å². The Kier molecular flexibility index (Phi) is 7.02. The van der Waals surface area contributed by atoms with Crippen molar-refractivity contribution in [2.24, 2.45) is 0 Å². The summed E-state index contributed by atoms with van der Waals surface area (Å²) in [5.74, 6) is -0.209. The van der Waals surface area contributed by atoms with Gasteiger partial charge in [0.1, 0.15) is 0 Å². The second kappa shape index (κ2) is 9.04. The van der Waals surface area contributed by atoms with Crippen molar-refractivity contribution in [2.75, 3.05) is 22.4 Å². The lowest BCUT2D eigenvalue weighted by atomic mass is 10.1. The molecule has 1 N–H and O–H groups in total. The molecule has 0 spiro atoms. The van der Waals surface area contributed by atoms with Crippen LogP contribution in [0, 0.1) is 6.92 Å². The molecule has 2 aromatic rings. The Morgan fingerprint density at radius 3 is 2.26 bits per heavy atom. The molecule has 6 heteroatoms. The molecule has 0 aromatic heterocycles. The van der Waals surface area contributed by atoms with E-state index in [2.05, 4.69) is 12.2 Å². The molecule has 2 rings (SSSR count). The van der Waals surface area contributed by atoms with Crippen molar-refractivity contribution in [3.8, 4) is 0 Å². The van der Waals surface area contributed by atoms with Crippen molar-refractivity contribution in [2.45, 2.75) is 40.0 Å². The Labute approximate surface area is 162 Å². The minimum Gasteiger partial charge on any atom is -0.326 e. The molecule has 146 valence electrons. The number of carbonyl (C=O) groups is 1. The molecule has 0 heterocycles. The summed E-state index contributed by atoms with van der Waals surface area (Å²) in [4.78, 5) is 12.3. The molecule has 0 bridgehead atoms. The summed E-state index contributed by atoms with van der Waals surface area (Å²) in [6, 6.07) is 13.4. The molecule has 0 saturated heterocycles. The third-order valence-corrected chi connectivity index (χ3v) is 5.71. The normalized spacial score (nSPS) is 11.3. The number of hydrogen-bond acceptors (Lipinski definition) is 3. The van der Waals surface area contributed by atoms with E-state index in [0.29, 0.717) is 11.4 Å². The van der Waals surface area contributed by atoms with Crippen molar-refractivity contribution < 1.29 is 13.2 Å². The number of rotatable bonds is 8. The molecule has 0 saturated carbocycles. The van der Waals surface area contributed by atoms with E-state index in [1.54, 1.807) is 0 Å². The first-order chi connectivity index (χ1) is 12.8. The minimum atomic E-state index is -3.50. The van der Waals surface area contributed by atoms with Crippen LogP contribution in [-0.2, 0) is 27.7 Å². The van der Waals surface area contributed by atoms with E-state index < -0.39 is 10.0 Å². The fraction of sp³-hybridized carbons (Fsp3) is 0.381. The van der Waals surface area contributed by atoms with Crippen molar-refractivity contribution in [1.82, 2.24) is 0 Å². The van der Waals surface area contributed by atoms with Crippen LogP contribution < -0.4 is 9.62 Å². The quantitative estimate of drug-likeness (QED) is 0.745. The van der Waals surface area contributed by atoms with Crippen LogP contribution in [-0.4, -0.2) is 27.1 Å². The Balaban J connectivity index is 2.15. The Bertz CT molecular complexity index is 890. The fourth-order valence-corrected chi connectivity index (χ4v) is 4.07. The van der Waals surface area contributed by atoms with Gasteiger partial charge >= 0.3 is 0 Å². The van der Waals surface area contributed by atoms with Gasteiger partial charge in [0.25, 0.3) is 0 Å². The minimum absolute atomic E-state index is 0.0834. The Hall–Kier alpha value is -2.34. The number of para-hydroxylation sites is 1. The smallest absolute Gasteiger partial charge is 0.232 e. The number of carbonyl (C=O) groups excluding carboxylic acids is 1.